The molecule has 0 amide bonds. The maximum absolute atomic E-state index is 13.0. The highest BCUT2D eigenvalue weighted by atomic mass is 16.6. The SMILES string of the molecule is CC(CN1CCCCC1)OC(=O)C(O)(c1ccccc1)c1ccccc1. The molecule has 1 atom stereocenters. The standard InChI is InChI=1S/C22H27NO3/c1-18(17-23-15-9-4-10-16-23)26-21(24)22(25,19-11-5-2-6-12-19)20-13-7-3-8-14-20/h2-3,5-8,11-14,18,25H,4,9-10,15-17H2,1H3. The molecule has 1 aliphatic heterocycles. The Bertz CT molecular complexity index is 656. The van der Waals surface area contributed by atoms with Crippen molar-refractivity contribution in [2.45, 2.75) is 37.9 Å². The monoisotopic (exact) mass is 353 g/mol. The van der Waals surface area contributed by atoms with Crippen molar-refractivity contribution in [3.63, 3.8) is 0 Å². The van der Waals surface area contributed by atoms with Crippen LogP contribution in [0.3, 0.4) is 0 Å². The van der Waals surface area contributed by atoms with Crippen LogP contribution in [0.15, 0.2) is 60.7 Å². The number of likely N-dealkylation sites (tertiary alicyclic amines) is 1. The summed E-state index contributed by atoms with van der Waals surface area (Å²) in [5, 5.41) is 11.4. The zero-order valence-corrected chi connectivity index (χ0v) is 15.3. The van der Waals surface area contributed by atoms with Crippen LogP contribution in [0, 0.1) is 0 Å². The van der Waals surface area contributed by atoms with Gasteiger partial charge in [-0.05, 0) is 44.0 Å². The minimum atomic E-state index is -1.81. The van der Waals surface area contributed by atoms with Gasteiger partial charge in [-0.25, -0.2) is 4.79 Å². The summed E-state index contributed by atoms with van der Waals surface area (Å²) in [6.45, 7) is 4.68. The third kappa shape index (κ3) is 4.14. The number of rotatable bonds is 6. The molecule has 2 aromatic rings. The van der Waals surface area contributed by atoms with Crippen molar-refractivity contribution in [3.05, 3.63) is 71.8 Å². The lowest BCUT2D eigenvalue weighted by Crippen LogP contribution is -2.43. The van der Waals surface area contributed by atoms with Crippen LogP contribution in [0.4, 0.5) is 0 Å². The van der Waals surface area contributed by atoms with E-state index >= 15 is 0 Å². The number of carbonyl (C=O) groups is 1. The number of nitrogens with zero attached hydrogens (tertiary/aromatic N) is 1. The molecule has 138 valence electrons. The van der Waals surface area contributed by atoms with Crippen molar-refractivity contribution >= 4 is 5.97 Å². The topological polar surface area (TPSA) is 49.8 Å². The van der Waals surface area contributed by atoms with Gasteiger partial charge in [-0.1, -0.05) is 67.1 Å². The van der Waals surface area contributed by atoms with Crippen molar-refractivity contribution in [1.82, 2.24) is 4.90 Å². The third-order valence-corrected chi connectivity index (χ3v) is 4.95. The van der Waals surface area contributed by atoms with Crippen LogP contribution in [-0.2, 0) is 15.1 Å². The van der Waals surface area contributed by atoms with E-state index in [-0.39, 0.29) is 6.10 Å². The van der Waals surface area contributed by atoms with Crippen LogP contribution in [0.25, 0.3) is 0 Å². The van der Waals surface area contributed by atoms with Gasteiger partial charge in [0.05, 0.1) is 0 Å². The normalized spacial score (nSPS) is 16.8. The molecular formula is C22H27NO3. The van der Waals surface area contributed by atoms with Crippen molar-refractivity contribution in [2.24, 2.45) is 0 Å². The molecule has 1 fully saturated rings. The number of hydrogen-bond acceptors (Lipinski definition) is 4. The van der Waals surface area contributed by atoms with E-state index < -0.39 is 11.6 Å². The number of hydrogen-bond donors (Lipinski definition) is 1. The van der Waals surface area contributed by atoms with Gasteiger partial charge in [0.2, 0.25) is 5.60 Å². The van der Waals surface area contributed by atoms with E-state index in [4.69, 9.17) is 4.74 Å². The molecule has 0 radical (unpaired) electrons. The second kappa shape index (κ2) is 8.47. The summed E-state index contributed by atoms with van der Waals surface area (Å²) >= 11 is 0. The Hall–Kier alpha value is -2.17. The number of aliphatic hydroxyl groups is 1. The molecule has 26 heavy (non-hydrogen) atoms. The minimum Gasteiger partial charge on any atom is -0.459 e. The third-order valence-electron chi connectivity index (χ3n) is 4.95. The summed E-state index contributed by atoms with van der Waals surface area (Å²) < 4.78 is 5.70. The van der Waals surface area contributed by atoms with E-state index in [1.54, 1.807) is 24.3 Å². The summed E-state index contributed by atoms with van der Waals surface area (Å²) in [5.41, 5.74) is -0.777. The van der Waals surface area contributed by atoms with Crippen LogP contribution in [0.1, 0.15) is 37.3 Å². The molecule has 1 unspecified atom stereocenters. The predicted octanol–water partition coefficient (Wildman–Crippen LogP) is 3.34. The lowest BCUT2D eigenvalue weighted by molar-refractivity contribution is -0.168. The van der Waals surface area contributed by atoms with Gasteiger partial charge in [0.25, 0.3) is 0 Å². The van der Waals surface area contributed by atoms with Crippen molar-refractivity contribution in [2.75, 3.05) is 19.6 Å². The van der Waals surface area contributed by atoms with Crippen LogP contribution in [-0.4, -0.2) is 41.7 Å². The zero-order chi connectivity index (χ0) is 18.4. The first-order valence-electron chi connectivity index (χ1n) is 9.37. The van der Waals surface area contributed by atoms with Crippen molar-refractivity contribution < 1.29 is 14.6 Å². The van der Waals surface area contributed by atoms with Crippen molar-refractivity contribution in [3.8, 4) is 0 Å². The largest absolute Gasteiger partial charge is 0.459 e. The number of benzene rings is 2. The average molecular weight is 353 g/mol. The summed E-state index contributed by atoms with van der Waals surface area (Å²) in [7, 11) is 0. The van der Waals surface area contributed by atoms with Gasteiger partial charge in [-0.3, -0.25) is 4.90 Å². The van der Waals surface area contributed by atoms with Gasteiger partial charge in [-0.15, -0.1) is 0 Å². The first kappa shape index (κ1) is 18.6. The quantitative estimate of drug-likeness (QED) is 0.809. The molecule has 4 heteroatoms. The molecule has 2 aromatic carbocycles. The van der Waals surface area contributed by atoms with Gasteiger partial charge in [0, 0.05) is 6.54 Å². The van der Waals surface area contributed by atoms with E-state index in [1.807, 2.05) is 43.3 Å². The number of ether oxygens (including phenoxy) is 1. The summed E-state index contributed by atoms with van der Waals surface area (Å²) in [6, 6.07) is 18.0. The smallest absolute Gasteiger partial charge is 0.348 e. The van der Waals surface area contributed by atoms with Gasteiger partial charge in [0.1, 0.15) is 6.10 Å². The Morgan fingerprint density at radius 2 is 1.50 bits per heavy atom. The molecule has 1 aliphatic rings. The maximum Gasteiger partial charge on any atom is 0.348 e. The number of carbonyl (C=O) groups excluding carboxylic acids is 1. The number of esters is 1. The molecule has 0 aliphatic carbocycles. The van der Waals surface area contributed by atoms with Crippen LogP contribution < -0.4 is 0 Å². The Morgan fingerprint density at radius 3 is 2.00 bits per heavy atom. The molecule has 1 N–H and O–H groups in total. The average Bonchev–Trinajstić information content (AvgIpc) is 2.69. The molecular weight excluding hydrogens is 326 g/mol. The molecule has 0 aromatic heterocycles. The van der Waals surface area contributed by atoms with E-state index in [2.05, 4.69) is 4.90 Å². The minimum absolute atomic E-state index is 0.278. The van der Waals surface area contributed by atoms with Crippen molar-refractivity contribution in [1.29, 1.82) is 0 Å². The lowest BCUT2D eigenvalue weighted by atomic mass is 9.86. The van der Waals surface area contributed by atoms with Crippen LogP contribution in [0.5, 0.6) is 0 Å². The molecule has 0 saturated carbocycles. The fourth-order valence-corrected chi connectivity index (χ4v) is 3.57. The first-order chi connectivity index (χ1) is 12.6. The predicted molar refractivity (Wildman–Crippen MR) is 102 cm³/mol. The van der Waals surface area contributed by atoms with E-state index in [1.165, 1.54) is 19.3 Å². The molecule has 0 spiro atoms. The molecule has 4 nitrogen and oxygen atoms in total. The van der Waals surface area contributed by atoms with Gasteiger partial charge >= 0.3 is 5.97 Å². The van der Waals surface area contributed by atoms with Gasteiger partial charge in [0.15, 0.2) is 0 Å². The summed E-state index contributed by atoms with van der Waals surface area (Å²) in [6.07, 6.45) is 3.38. The fraction of sp³-hybridized carbons (Fsp3) is 0.409. The summed E-state index contributed by atoms with van der Waals surface area (Å²) in [5.74, 6) is -0.626. The molecule has 0 bridgehead atoms. The highest BCUT2D eigenvalue weighted by molar-refractivity contribution is 5.85. The second-order valence-electron chi connectivity index (χ2n) is 7.02. The lowest BCUT2D eigenvalue weighted by Gasteiger charge is -2.32. The van der Waals surface area contributed by atoms with Gasteiger partial charge in [-0.2, -0.15) is 0 Å². The Balaban J connectivity index is 1.79. The van der Waals surface area contributed by atoms with Gasteiger partial charge < -0.3 is 9.84 Å². The fourth-order valence-electron chi connectivity index (χ4n) is 3.57. The number of piperidine rings is 1. The molecule has 1 heterocycles. The molecule has 3 rings (SSSR count). The second-order valence-corrected chi connectivity index (χ2v) is 7.02. The Kier molecular flexibility index (Phi) is 6.07. The highest BCUT2D eigenvalue weighted by Gasteiger charge is 2.42. The zero-order valence-electron chi connectivity index (χ0n) is 15.3. The Labute approximate surface area is 155 Å². The van der Waals surface area contributed by atoms with E-state index in [9.17, 15) is 9.90 Å². The molecule has 1 saturated heterocycles. The van der Waals surface area contributed by atoms with E-state index in [0.717, 1.165) is 13.1 Å². The van der Waals surface area contributed by atoms with E-state index in [0.29, 0.717) is 17.7 Å². The Morgan fingerprint density at radius 1 is 1.00 bits per heavy atom. The first-order valence-corrected chi connectivity index (χ1v) is 9.37. The maximum atomic E-state index is 13.0. The highest BCUT2D eigenvalue weighted by Crippen LogP contribution is 2.31. The summed E-state index contributed by atoms with van der Waals surface area (Å²) in [4.78, 5) is 15.4. The van der Waals surface area contributed by atoms with Crippen LogP contribution >= 0.6 is 0 Å². The van der Waals surface area contributed by atoms with Crippen LogP contribution in [0.2, 0.25) is 0 Å².